The molecule has 0 radical (unpaired) electrons. The van der Waals surface area contributed by atoms with Crippen molar-refractivity contribution in [3.63, 3.8) is 0 Å². The molecule has 0 amide bonds. The zero-order chi connectivity index (χ0) is 17.3. The molecule has 0 saturated carbocycles. The van der Waals surface area contributed by atoms with Crippen LogP contribution in [-0.2, 0) is 0 Å². The summed E-state index contributed by atoms with van der Waals surface area (Å²) in [4.78, 5) is 0. The molecule has 26 heavy (non-hydrogen) atoms. The van der Waals surface area contributed by atoms with Gasteiger partial charge in [0.05, 0.1) is 11.4 Å². The monoisotopic (exact) mass is 337 g/mol. The number of nitrogens with one attached hydrogen (secondary N) is 1. The van der Waals surface area contributed by atoms with E-state index in [0.717, 1.165) is 39.8 Å². The van der Waals surface area contributed by atoms with Crippen molar-refractivity contribution in [1.29, 1.82) is 0 Å². The molecule has 5 heteroatoms. The van der Waals surface area contributed by atoms with Gasteiger partial charge in [0.25, 0.3) is 0 Å². The molecule has 124 valence electrons. The van der Waals surface area contributed by atoms with Crippen molar-refractivity contribution in [2.24, 2.45) is 10.2 Å². The number of aromatic nitrogens is 2. The van der Waals surface area contributed by atoms with E-state index in [4.69, 9.17) is 5.10 Å². The second-order valence-electron chi connectivity index (χ2n) is 6.00. The summed E-state index contributed by atoms with van der Waals surface area (Å²) in [6.07, 6.45) is 0. The molecule has 3 aromatic carbocycles. The zero-order valence-corrected chi connectivity index (χ0v) is 13.9. The van der Waals surface area contributed by atoms with Crippen LogP contribution < -0.4 is 5.32 Å². The van der Waals surface area contributed by atoms with Crippen LogP contribution in [0.5, 0.6) is 0 Å². The first-order valence-corrected chi connectivity index (χ1v) is 8.42. The first-order valence-electron chi connectivity index (χ1n) is 8.42. The number of benzene rings is 3. The molecule has 1 aliphatic rings. The fourth-order valence-corrected chi connectivity index (χ4v) is 3.06. The van der Waals surface area contributed by atoms with Gasteiger partial charge < -0.3 is 5.32 Å². The van der Waals surface area contributed by atoms with E-state index >= 15 is 0 Å². The van der Waals surface area contributed by atoms with Crippen molar-refractivity contribution in [2.75, 3.05) is 5.32 Å². The fraction of sp³-hybridized carbons (Fsp3) is 0. The zero-order valence-electron chi connectivity index (χ0n) is 13.9. The summed E-state index contributed by atoms with van der Waals surface area (Å²) in [5.41, 5.74) is 5.22. The summed E-state index contributed by atoms with van der Waals surface area (Å²) < 4.78 is 1.89. The van der Waals surface area contributed by atoms with Gasteiger partial charge in [-0.25, -0.2) is 4.68 Å². The Balaban J connectivity index is 1.77. The van der Waals surface area contributed by atoms with E-state index in [1.165, 1.54) is 0 Å². The van der Waals surface area contributed by atoms with Crippen LogP contribution in [0.1, 0.15) is 0 Å². The van der Waals surface area contributed by atoms with Crippen molar-refractivity contribution in [3.05, 3.63) is 84.9 Å². The average Bonchev–Trinajstić information content (AvgIpc) is 2.95. The average molecular weight is 337 g/mol. The minimum absolute atomic E-state index is 0.733. The van der Waals surface area contributed by atoms with Crippen LogP contribution in [0.3, 0.4) is 0 Å². The Morgan fingerprint density at radius 2 is 1.38 bits per heavy atom. The molecule has 4 aromatic rings. The number of fused-ring (bicyclic) bond motifs is 2. The quantitative estimate of drug-likeness (QED) is 0.429. The van der Waals surface area contributed by atoms with Gasteiger partial charge in [-0.3, -0.25) is 0 Å². The molecule has 0 saturated heterocycles. The smallest absolute Gasteiger partial charge is 0.162 e. The Bertz CT molecular complexity index is 1100. The third kappa shape index (κ3) is 2.38. The molecule has 1 N–H and O–H groups in total. The molecule has 0 aliphatic carbocycles. The molecule has 5 nitrogen and oxygen atoms in total. The van der Waals surface area contributed by atoms with Crippen molar-refractivity contribution < 1.29 is 0 Å². The molecular weight excluding hydrogens is 322 g/mol. The van der Waals surface area contributed by atoms with Gasteiger partial charge in [0, 0.05) is 5.56 Å². The van der Waals surface area contributed by atoms with E-state index < -0.39 is 0 Å². The highest BCUT2D eigenvalue weighted by Gasteiger charge is 2.23. The SMILES string of the molecule is c1ccc(-c2nn(-c3ccccc3)c3c2N=Nc2ccccc2N3)cc1. The largest absolute Gasteiger partial charge is 0.336 e. The molecular formula is C21H15N5. The second kappa shape index (κ2) is 5.97. The number of hydrogen-bond acceptors (Lipinski definition) is 4. The Morgan fingerprint density at radius 3 is 2.19 bits per heavy atom. The number of para-hydroxylation sites is 2. The Kier molecular flexibility index (Phi) is 3.35. The molecule has 0 unspecified atom stereocenters. The highest BCUT2D eigenvalue weighted by Crippen LogP contribution is 2.44. The van der Waals surface area contributed by atoms with E-state index in [2.05, 4.69) is 15.5 Å². The molecule has 1 aromatic heterocycles. The van der Waals surface area contributed by atoms with E-state index in [1.807, 2.05) is 89.6 Å². The lowest BCUT2D eigenvalue weighted by molar-refractivity contribution is 0.892. The molecule has 0 spiro atoms. The van der Waals surface area contributed by atoms with E-state index in [1.54, 1.807) is 0 Å². The topological polar surface area (TPSA) is 54.6 Å². The van der Waals surface area contributed by atoms with Gasteiger partial charge in [-0.05, 0) is 24.3 Å². The van der Waals surface area contributed by atoms with Gasteiger partial charge in [-0.1, -0.05) is 60.7 Å². The fourth-order valence-electron chi connectivity index (χ4n) is 3.06. The van der Waals surface area contributed by atoms with E-state index in [0.29, 0.717) is 0 Å². The van der Waals surface area contributed by atoms with Crippen LogP contribution in [0.2, 0.25) is 0 Å². The van der Waals surface area contributed by atoms with Crippen molar-refractivity contribution in [2.45, 2.75) is 0 Å². The first-order chi connectivity index (χ1) is 12.9. The predicted octanol–water partition coefficient (Wildman–Crippen LogP) is 6.01. The Labute approximate surface area is 150 Å². The van der Waals surface area contributed by atoms with Gasteiger partial charge in [0.15, 0.2) is 11.5 Å². The normalized spacial score (nSPS) is 12.0. The van der Waals surface area contributed by atoms with Crippen LogP contribution in [0.15, 0.2) is 95.2 Å². The number of hydrogen-bond donors (Lipinski definition) is 1. The summed E-state index contributed by atoms with van der Waals surface area (Å²) >= 11 is 0. The van der Waals surface area contributed by atoms with E-state index in [-0.39, 0.29) is 0 Å². The minimum atomic E-state index is 0.733. The number of rotatable bonds is 2. The van der Waals surface area contributed by atoms with Crippen LogP contribution in [0, 0.1) is 0 Å². The summed E-state index contributed by atoms with van der Waals surface area (Å²) in [6, 6.07) is 28.0. The number of anilines is 2. The van der Waals surface area contributed by atoms with Crippen LogP contribution >= 0.6 is 0 Å². The highest BCUT2D eigenvalue weighted by atomic mass is 15.4. The van der Waals surface area contributed by atoms with Crippen LogP contribution in [0.4, 0.5) is 22.9 Å². The first kappa shape index (κ1) is 14.6. The number of nitrogens with zero attached hydrogens (tertiary/aromatic N) is 4. The van der Waals surface area contributed by atoms with E-state index in [9.17, 15) is 0 Å². The molecule has 0 atom stereocenters. The third-order valence-electron chi connectivity index (χ3n) is 4.32. The highest BCUT2D eigenvalue weighted by molar-refractivity contribution is 5.87. The molecule has 2 heterocycles. The van der Waals surface area contributed by atoms with Gasteiger partial charge in [-0.15, -0.1) is 10.2 Å². The van der Waals surface area contributed by atoms with Gasteiger partial charge in [0.2, 0.25) is 0 Å². The summed E-state index contributed by atoms with van der Waals surface area (Å²) in [7, 11) is 0. The van der Waals surface area contributed by atoms with Crippen molar-refractivity contribution >= 4 is 22.9 Å². The summed E-state index contributed by atoms with van der Waals surface area (Å²) in [5.74, 6) is 0.809. The third-order valence-corrected chi connectivity index (χ3v) is 4.32. The van der Waals surface area contributed by atoms with Gasteiger partial charge in [-0.2, -0.15) is 5.10 Å². The second-order valence-corrected chi connectivity index (χ2v) is 6.00. The molecule has 1 aliphatic heterocycles. The Hall–Kier alpha value is -3.73. The van der Waals surface area contributed by atoms with Crippen molar-refractivity contribution in [3.8, 4) is 16.9 Å². The Morgan fingerprint density at radius 1 is 0.692 bits per heavy atom. The van der Waals surface area contributed by atoms with Gasteiger partial charge in [0.1, 0.15) is 11.4 Å². The van der Waals surface area contributed by atoms with Gasteiger partial charge >= 0.3 is 0 Å². The maximum atomic E-state index is 4.85. The molecule has 0 bridgehead atoms. The minimum Gasteiger partial charge on any atom is -0.336 e. The predicted molar refractivity (Wildman–Crippen MR) is 103 cm³/mol. The van der Waals surface area contributed by atoms with Crippen LogP contribution in [-0.4, -0.2) is 9.78 Å². The summed E-state index contributed by atoms with van der Waals surface area (Å²) in [6.45, 7) is 0. The molecule has 5 rings (SSSR count). The maximum Gasteiger partial charge on any atom is 0.162 e. The number of azo groups is 1. The molecule has 0 fully saturated rings. The standard InChI is InChI=1S/C21H15N5/c1-3-9-15(10-4-1)19-20-21(26(25-19)16-11-5-2-6-12-16)22-17-13-7-8-14-18(17)23-24-20/h1-14,22H. The maximum absolute atomic E-state index is 4.85. The lowest BCUT2D eigenvalue weighted by Gasteiger charge is -2.09. The lowest BCUT2D eigenvalue weighted by Crippen LogP contribution is -2.02. The lowest BCUT2D eigenvalue weighted by atomic mass is 10.1. The van der Waals surface area contributed by atoms with Crippen LogP contribution in [0.25, 0.3) is 16.9 Å². The summed E-state index contributed by atoms with van der Waals surface area (Å²) in [5, 5.41) is 17.3. The van der Waals surface area contributed by atoms with Crippen molar-refractivity contribution in [1.82, 2.24) is 9.78 Å².